The van der Waals surface area contributed by atoms with Crippen LogP contribution in [0.2, 0.25) is 0 Å². The molecule has 3 heterocycles. The van der Waals surface area contributed by atoms with Crippen LogP contribution in [0.15, 0.2) is 6.33 Å². The highest BCUT2D eigenvalue weighted by Crippen LogP contribution is 2.45. The maximum atomic E-state index is 10.3. The molecule has 3 aliphatic rings. The smallest absolute Gasteiger partial charge is 0.194 e. The molecule has 10 heteroatoms. The summed E-state index contributed by atoms with van der Waals surface area (Å²) in [6.45, 7) is -0.370. The number of imidazole rings is 1. The Morgan fingerprint density at radius 3 is 2.74 bits per heavy atom. The molecule has 0 amide bonds. The van der Waals surface area contributed by atoms with E-state index in [2.05, 4.69) is 42.9 Å². The molecule has 146 valence electrons. The molecule has 9 nitrogen and oxygen atoms in total. The SMILES string of the molecule is OC[C@H]1O[C@@H](n2cnc3c(N[C@H]4C[C@H]5CC[C@@H]4C5)nc(I)nc32)[C@H](O)[C@@H]1O. The predicted molar refractivity (Wildman–Crippen MR) is 104 cm³/mol. The fraction of sp³-hybridized carbons (Fsp3) is 0.706. The summed E-state index contributed by atoms with van der Waals surface area (Å²) >= 11 is 2.07. The van der Waals surface area contributed by atoms with Crippen molar-refractivity contribution in [3.63, 3.8) is 0 Å². The van der Waals surface area contributed by atoms with Crippen molar-refractivity contribution in [2.75, 3.05) is 11.9 Å². The summed E-state index contributed by atoms with van der Waals surface area (Å²) in [7, 11) is 0. The van der Waals surface area contributed by atoms with Crippen molar-refractivity contribution in [3.05, 3.63) is 10.2 Å². The van der Waals surface area contributed by atoms with Crippen LogP contribution in [0.25, 0.3) is 11.2 Å². The van der Waals surface area contributed by atoms with E-state index in [1.54, 1.807) is 10.9 Å². The van der Waals surface area contributed by atoms with E-state index in [1.807, 2.05) is 0 Å². The van der Waals surface area contributed by atoms with E-state index in [4.69, 9.17) is 4.74 Å². The number of ether oxygens (including phenoxy) is 1. The van der Waals surface area contributed by atoms with Gasteiger partial charge in [0, 0.05) is 28.6 Å². The molecule has 7 atom stereocenters. The first kappa shape index (κ1) is 18.0. The van der Waals surface area contributed by atoms with Gasteiger partial charge in [0.25, 0.3) is 0 Å². The Balaban J connectivity index is 1.48. The molecule has 2 aromatic rings. The average Bonchev–Trinajstić information content (AvgIpc) is 3.41. The Morgan fingerprint density at radius 1 is 1.22 bits per heavy atom. The van der Waals surface area contributed by atoms with Crippen LogP contribution >= 0.6 is 22.6 Å². The first-order chi connectivity index (χ1) is 13.0. The van der Waals surface area contributed by atoms with Crippen molar-refractivity contribution in [2.24, 2.45) is 11.8 Å². The van der Waals surface area contributed by atoms with Crippen molar-refractivity contribution in [2.45, 2.75) is 56.3 Å². The summed E-state index contributed by atoms with van der Waals surface area (Å²) in [5.41, 5.74) is 1.16. The van der Waals surface area contributed by atoms with Crippen LogP contribution in [0, 0.1) is 15.7 Å². The number of aliphatic hydroxyl groups is 3. The molecule has 27 heavy (non-hydrogen) atoms. The Morgan fingerprint density at radius 2 is 2.07 bits per heavy atom. The monoisotopic (exact) mass is 487 g/mol. The lowest BCUT2D eigenvalue weighted by atomic mass is 9.95. The van der Waals surface area contributed by atoms with Crippen LogP contribution in [0.3, 0.4) is 0 Å². The lowest BCUT2D eigenvalue weighted by Gasteiger charge is -2.23. The minimum absolute atomic E-state index is 0.370. The number of anilines is 1. The van der Waals surface area contributed by atoms with Crippen molar-refractivity contribution in [3.8, 4) is 0 Å². The highest BCUT2D eigenvalue weighted by Gasteiger charge is 2.44. The topological polar surface area (TPSA) is 126 Å². The second-order valence-electron chi connectivity index (χ2n) is 7.82. The van der Waals surface area contributed by atoms with Crippen LogP contribution in [0.5, 0.6) is 0 Å². The van der Waals surface area contributed by atoms with Crippen LogP contribution in [0.1, 0.15) is 31.9 Å². The van der Waals surface area contributed by atoms with Gasteiger partial charge in [0.05, 0.1) is 12.9 Å². The number of fused-ring (bicyclic) bond motifs is 3. The van der Waals surface area contributed by atoms with Gasteiger partial charge in [-0.3, -0.25) is 4.57 Å². The molecule has 2 aliphatic carbocycles. The second kappa shape index (κ2) is 6.76. The average molecular weight is 487 g/mol. The molecule has 3 fully saturated rings. The minimum Gasteiger partial charge on any atom is -0.394 e. The molecule has 0 radical (unpaired) electrons. The van der Waals surface area contributed by atoms with E-state index in [9.17, 15) is 15.3 Å². The summed E-state index contributed by atoms with van der Waals surface area (Å²) in [4.78, 5) is 13.5. The standard InChI is InChI=1S/C17H22IN5O4/c18-17-21-14(20-9-4-7-1-2-8(9)3-7)11-15(22-17)23(6-19-11)16-13(26)12(25)10(5-24)27-16/h6-10,12-13,16,24-26H,1-5H2,(H,20,21,22)/t7-,8+,9-,10+,12+,13+,16+/m0/s1. The van der Waals surface area contributed by atoms with Gasteiger partial charge < -0.3 is 25.4 Å². The molecule has 5 rings (SSSR count). The van der Waals surface area contributed by atoms with Crippen LogP contribution in [0.4, 0.5) is 5.82 Å². The third kappa shape index (κ3) is 2.92. The van der Waals surface area contributed by atoms with Crippen LogP contribution in [-0.4, -0.2) is 65.8 Å². The molecule has 0 aromatic carbocycles. The van der Waals surface area contributed by atoms with E-state index in [0.717, 1.165) is 5.92 Å². The van der Waals surface area contributed by atoms with Gasteiger partial charge >= 0.3 is 0 Å². The highest BCUT2D eigenvalue weighted by molar-refractivity contribution is 14.1. The van der Waals surface area contributed by atoms with Crippen LogP contribution < -0.4 is 5.32 Å². The van der Waals surface area contributed by atoms with Gasteiger partial charge in [-0.25, -0.2) is 15.0 Å². The molecule has 2 aromatic heterocycles. The zero-order valence-electron chi connectivity index (χ0n) is 14.6. The maximum absolute atomic E-state index is 10.3. The number of hydrogen-bond donors (Lipinski definition) is 4. The van der Waals surface area contributed by atoms with Gasteiger partial charge in [0.15, 0.2) is 27.0 Å². The number of aliphatic hydroxyl groups excluding tert-OH is 3. The molecule has 4 N–H and O–H groups in total. The molecular formula is C17H22IN5O4. The van der Waals surface area contributed by atoms with Gasteiger partial charge in [-0.05, 0) is 31.1 Å². The van der Waals surface area contributed by atoms with Crippen molar-refractivity contribution >= 4 is 39.6 Å². The van der Waals surface area contributed by atoms with Crippen molar-refractivity contribution in [1.29, 1.82) is 0 Å². The quantitative estimate of drug-likeness (QED) is 0.366. The molecule has 2 saturated carbocycles. The number of hydrogen-bond acceptors (Lipinski definition) is 8. The zero-order valence-corrected chi connectivity index (χ0v) is 16.7. The van der Waals surface area contributed by atoms with E-state index >= 15 is 0 Å². The van der Waals surface area contributed by atoms with Gasteiger partial charge in [0.2, 0.25) is 0 Å². The Hall–Kier alpha value is -1.08. The van der Waals surface area contributed by atoms with Crippen molar-refractivity contribution in [1.82, 2.24) is 19.5 Å². The summed E-state index contributed by atoms with van der Waals surface area (Å²) in [6, 6.07) is 0.414. The van der Waals surface area contributed by atoms with Gasteiger partial charge in [-0.2, -0.15) is 0 Å². The lowest BCUT2D eigenvalue weighted by molar-refractivity contribution is -0.0511. The van der Waals surface area contributed by atoms with E-state index in [0.29, 0.717) is 32.8 Å². The molecule has 2 bridgehead atoms. The fourth-order valence-electron chi connectivity index (χ4n) is 4.88. The van der Waals surface area contributed by atoms with Gasteiger partial charge in [0.1, 0.15) is 18.3 Å². The minimum atomic E-state index is -1.17. The number of nitrogens with zero attached hydrogens (tertiary/aromatic N) is 4. The fourth-order valence-corrected chi connectivity index (χ4v) is 5.35. The second-order valence-corrected chi connectivity index (χ2v) is 8.78. The predicted octanol–water partition coefficient (Wildman–Crippen LogP) is 0.643. The zero-order chi connectivity index (χ0) is 18.7. The van der Waals surface area contributed by atoms with Crippen molar-refractivity contribution < 1.29 is 20.1 Å². The van der Waals surface area contributed by atoms with Gasteiger partial charge in [-0.15, -0.1) is 0 Å². The Kier molecular flexibility index (Phi) is 4.50. The van der Waals surface area contributed by atoms with E-state index in [-0.39, 0.29) is 6.61 Å². The summed E-state index contributed by atoms with van der Waals surface area (Å²) < 4.78 is 7.81. The highest BCUT2D eigenvalue weighted by atomic mass is 127. The van der Waals surface area contributed by atoms with E-state index < -0.39 is 24.5 Å². The third-order valence-corrected chi connectivity index (χ3v) is 6.73. The summed E-state index contributed by atoms with van der Waals surface area (Å²) in [6.07, 6.45) is 2.58. The van der Waals surface area contributed by atoms with Crippen LogP contribution in [-0.2, 0) is 4.74 Å². The molecular weight excluding hydrogens is 465 g/mol. The number of rotatable bonds is 4. The number of aromatic nitrogens is 4. The van der Waals surface area contributed by atoms with Gasteiger partial charge in [-0.1, -0.05) is 6.42 Å². The summed E-state index contributed by atoms with van der Waals surface area (Å²) in [5.74, 6) is 2.22. The molecule has 1 saturated heterocycles. The first-order valence-electron chi connectivity index (χ1n) is 9.34. The maximum Gasteiger partial charge on any atom is 0.194 e. The molecule has 0 spiro atoms. The molecule has 0 unspecified atom stereocenters. The number of nitrogens with one attached hydrogen (secondary N) is 1. The lowest BCUT2D eigenvalue weighted by Crippen LogP contribution is -2.33. The number of halogens is 1. The van der Waals surface area contributed by atoms with E-state index in [1.165, 1.54) is 25.7 Å². The summed E-state index contributed by atoms with van der Waals surface area (Å²) in [5, 5.41) is 33.3. The Bertz CT molecular complexity index is 863. The normalized spacial score (nSPS) is 38.1. The largest absolute Gasteiger partial charge is 0.394 e. The first-order valence-corrected chi connectivity index (χ1v) is 10.4. The Labute approximate surface area is 169 Å². The third-order valence-electron chi connectivity index (χ3n) is 6.25. The molecule has 1 aliphatic heterocycles.